The van der Waals surface area contributed by atoms with Crippen LogP contribution < -0.4 is 0 Å². The van der Waals surface area contributed by atoms with Crippen LogP contribution >= 0.6 is 11.3 Å². The molecule has 0 saturated carbocycles. The number of hydrogen-bond acceptors (Lipinski definition) is 2. The van der Waals surface area contributed by atoms with Crippen molar-refractivity contribution in [3.8, 4) is 17.4 Å². The Morgan fingerprint density at radius 2 is 0.976 bits per heavy atom. The van der Waals surface area contributed by atoms with Crippen LogP contribution in [-0.2, 0) is 0 Å². The molecule has 0 unspecified atom stereocenters. The van der Waals surface area contributed by atoms with Crippen molar-refractivity contribution in [1.82, 2.24) is 9.13 Å². The minimum Gasteiger partial charge on any atom is -0.308 e. The predicted molar refractivity (Wildman–Crippen MR) is 173 cm³/mol. The lowest BCUT2D eigenvalue weighted by molar-refractivity contribution is 1.12. The molecule has 0 aliphatic rings. The number of nitrogens with zero attached hydrogens (tertiary/aromatic N) is 3. The molecule has 9 aromatic rings. The van der Waals surface area contributed by atoms with E-state index in [1.807, 2.05) is 11.3 Å². The van der Waals surface area contributed by atoms with Gasteiger partial charge in [-0.1, -0.05) is 91.0 Å². The second-order valence-corrected chi connectivity index (χ2v) is 11.5. The number of benzene rings is 6. The molecule has 4 heteroatoms. The number of aromatic nitrogens is 2. The third kappa shape index (κ3) is 2.96. The molecule has 0 fully saturated rings. The van der Waals surface area contributed by atoms with E-state index < -0.39 is 0 Å². The summed E-state index contributed by atoms with van der Waals surface area (Å²) in [6.07, 6.45) is 0. The summed E-state index contributed by atoms with van der Waals surface area (Å²) in [4.78, 5) is 0. The lowest BCUT2D eigenvalue weighted by Gasteiger charge is -2.16. The average Bonchev–Trinajstić information content (AvgIpc) is 3.68. The van der Waals surface area contributed by atoms with Crippen LogP contribution in [0.1, 0.15) is 5.56 Å². The third-order valence-electron chi connectivity index (χ3n) is 8.37. The van der Waals surface area contributed by atoms with E-state index in [-0.39, 0.29) is 0 Å². The Morgan fingerprint density at radius 1 is 0.463 bits per heavy atom. The first-order valence-electron chi connectivity index (χ1n) is 13.7. The van der Waals surface area contributed by atoms with Gasteiger partial charge in [0.15, 0.2) is 0 Å². The highest BCUT2D eigenvalue weighted by atomic mass is 32.1. The number of thiophene rings is 1. The monoisotopic (exact) mass is 539 g/mol. The van der Waals surface area contributed by atoms with Crippen LogP contribution in [0.2, 0.25) is 0 Å². The molecule has 0 bridgehead atoms. The van der Waals surface area contributed by atoms with Gasteiger partial charge in [-0.05, 0) is 36.4 Å². The Bertz CT molecular complexity index is 2500. The summed E-state index contributed by atoms with van der Waals surface area (Å²) in [6, 6.07) is 47.5. The van der Waals surface area contributed by atoms with E-state index in [1.54, 1.807) is 0 Å². The van der Waals surface area contributed by atoms with Gasteiger partial charge in [0.05, 0.1) is 38.1 Å². The molecule has 0 N–H and O–H groups in total. The summed E-state index contributed by atoms with van der Waals surface area (Å²) in [5.74, 6) is 0. The lowest BCUT2D eigenvalue weighted by Crippen LogP contribution is -2.04. The highest BCUT2D eigenvalue weighted by Crippen LogP contribution is 2.44. The molecule has 3 aromatic heterocycles. The van der Waals surface area contributed by atoms with Crippen molar-refractivity contribution >= 4 is 75.1 Å². The van der Waals surface area contributed by atoms with Crippen LogP contribution in [-0.4, -0.2) is 9.13 Å². The Hall–Kier alpha value is -5.37. The van der Waals surface area contributed by atoms with Crippen LogP contribution in [0.5, 0.6) is 0 Å². The second-order valence-electron chi connectivity index (χ2n) is 10.4. The van der Waals surface area contributed by atoms with Gasteiger partial charge in [-0.3, -0.25) is 0 Å². The fourth-order valence-electron chi connectivity index (χ4n) is 6.68. The van der Waals surface area contributed by atoms with Gasteiger partial charge in [0.1, 0.15) is 11.6 Å². The maximum Gasteiger partial charge on any atom is 0.104 e. The van der Waals surface area contributed by atoms with Gasteiger partial charge in [-0.15, -0.1) is 11.3 Å². The minimum atomic E-state index is 0.653. The van der Waals surface area contributed by atoms with Crippen LogP contribution in [0.25, 0.3) is 75.2 Å². The molecular weight excluding hydrogens is 518 g/mol. The van der Waals surface area contributed by atoms with Crippen LogP contribution in [0.3, 0.4) is 0 Å². The molecule has 190 valence electrons. The van der Waals surface area contributed by atoms with E-state index in [1.165, 1.54) is 41.7 Å². The van der Waals surface area contributed by atoms with Crippen LogP contribution in [0.15, 0.2) is 127 Å². The maximum atomic E-state index is 10.8. The van der Waals surface area contributed by atoms with E-state index in [0.717, 1.165) is 33.4 Å². The van der Waals surface area contributed by atoms with Crippen molar-refractivity contribution in [1.29, 1.82) is 5.26 Å². The number of nitriles is 1. The molecule has 41 heavy (non-hydrogen) atoms. The average molecular weight is 540 g/mol. The quantitative estimate of drug-likeness (QED) is 0.215. The molecule has 3 nitrogen and oxygen atoms in total. The first kappa shape index (κ1) is 22.4. The molecule has 0 amide bonds. The largest absolute Gasteiger partial charge is 0.308 e. The van der Waals surface area contributed by atoms with Crippen molar-refractivity contribution in [3.05, 3.63) is 133 Å². The summed E-state index contributed by atoms with van der Waals surface area (Å²) in [5, 5.41) is 18.1. The summed E-state index contributed by atoms with van der Waals surface area (Å²) in [6.45, 7) is 0. The van der Waals surface area contributed by atoms with Gasteiger partial charge in [0, 0.05) is 37.0 Å². The zero-order valence-electron chi connectivity index (χ0n) is 21.9. The highest BCUT2D eigenvalue weighted by molar-refractivity contribution is 7.26. The molecule has 0 saturated heterocycles. The SMILES string of the molecule is N#Cc1c(-n2c3ccccc3c3ccccc32)cccc1-n1c2ccccc2c2ccc3c4ccccc4sc3c21. The molecule has 0 radical (unpaired) electrons. The Balaban J connectivity index is 1.45. The van der Waals surface area contributed by atoms with Gasteiger partial charge < -0.3 is 9.13 Å². The fraction of sp³-hybridized carbons (Fsp3) is 0. The van der Waals surface area contributed by atoms with E-state index >= 15 is 0 Å². The van der Waals surface area contributed by atoms with Gasteiger partial charge >= 0.3 is 0 Å². The summed E-state index contributed by atoms with van der Waals surface area (Å²) >= 11 is 1.83. The summed E-state index contributed by atoms with van der Waals surface area (Å²) in [5.41, 5.74) is 6.87. The zero-order chi connectivity index (χ0) is 27.1. The fourth-order valence-corrected chi connectivity index (χ4v) is 7.92. The highest BCUT2D eigenvalue weighted by Gasteiger charge is 2.22. The van der Waals surface area contributed by atoms with Crippen molar-refractivity contribution in [3.63, 3.8) is 0 Å². The molecule has 0 spiro atoms. The molecular formula is C37H21N3S. The smallest absolute Gasteiger partial charge is 0.104 e. The number of fused-ring (bicyclic) bond motifs is 10. The molecule has 0 atom stereocenters. The first-order chi connectivity index (χ1) is 20.3. The number of hydrogen-bond donors (Lipinski definition) is 0. The number of para-hydroxylation sites is 3. The van der Waals surface area contributed by atoms with Crippen molar-refractivity contribution in [2.75, 3.05) is 0 Å². The topological polar surface area (TPSA) is 33.6 Å². The standard InChI is InChI=1S/C37H21N3S/c38-22-29-33(39-30-14-5-1-10-23(30)24-11-2-6-15-31(24)39)17-9-18-34(29)40-32-16-7-3-12-25(32)27-20-21-28-26-13-4-8-19-35(26)41-37(28)36(27)40/h1-21H. The third-order valence-corrected chi connectivity index (χ3v) is 9.57. The van der Waals surface area contributed by atoms with Crippen molar-refractivity contribution in [2.24, 2.45) is 0 Å². The van der Waals surface area contributed by atoms with Crippen LogP contribution in [0, 0.1) is 11.3 Å². The molecule has 0 aliphatic heterocycles. The van der Waals surface area contributed by atoms with E-state index in [4.69, 9.17) is 0 Å². The minimum absolute atomic E-state index is 0.653. The van der Waals surface area contributed by atoms with Gasteiger partial charge in [0.25, 0.3) is 0 Å². The number of rotatable bonds is 2. The normalized spacial score (nSPS) is 11.9. The molecule has 6 aromatic carbocycles. The predicted octanol–water partition coefficient (Wildman–Crippen LogP) is 10.1. The van der Waals surface area contributed by atoms with E-state index in [0.29, 0.717) is 5.56 Å². The maximum absolute atomic E-state index is 10.8. The van der Waals surface area contributed by atoms with Crippen molar-refractivity contribution in [2.45, 2.75) is 0 Å². The van der Waals surface area contributed by atoms with E-state index in [2.05, 4.69) is 143 Å². The van der Waals surface area contributed by atoms with Gasteiger partial charge in [0.2, 0.25) is 0 Å². The van der Waals surface area contributed by atoms with Gasteiger partial charge in [-0.25, -0.2) is 0 Å². The molecule has 9 rings (SSSR count). The second kappa shape index (κ2) is 8.32. The Labute approximate surface area is 239 Å². The van der Waals surface area contributed by atoms with Crippen molar-refractivity contribution < 1.29 is 0 Å². The first-order valence-corrected chi connectivity index (χ1v) is 14.5. The molecule has 0 aliphatic carbocycles. The molecule has 3 heterocycles. The van der Waals surface area contributed by atoms with Gasteiger partial charge in [-0.2, -0.15) is 5.26 Å². The van der Waals surface area contributed by atoms with E-state index in [9.17, 15) is 5.26 Å². The zero-order valence-corrected chi connectivity index (χ0v) is 22.7. The van der Waals surface area contributed by atoms with Crippen LogP contribution in [0.4, 0.5) is 0 Å². The summed E-state index contributed by atoms with van der Waals surface area (Å²) < 4.78 is 7.07. The Kier molecular flexibility index (Phi) is 4.55. The summed E-state index contributed by atoms with van der Waals surface area (Å²) in [7, 11) is 0. The Morgan fingerprint density at radius 3 is 1.63 bits per heavy atom. The lowest BCUT2D eigenvalue weighted by atomic mass is 10.1.